The number of anilines is 1. The predicted octanol–water partition coefficient (Wildman–Crippen LogP) is 3.75. The van der Waals surface area contributed by atoms with E-state index in [1.54, 1.807) is 12.1 Å². The van der Waals surface area contributed by atoms with Crippen molar-refractivity contribution in [3.8, 4) is 5.75 Å². The van der Waals surface area contributed by atoms with Crippen LogP contribution in [0.25, 0.3) is 0 Å². The molecular weight excluding hydrogens is 376 g/mol. The zero-order chi connectivity index (χ0) is 20.1. The highest BCUT2D eigenvalue weighted by molar-refractivity contribution is 6.31. The third-order valence-corrected chi connectivity index (χ3v) is 4.03. The van der Waals surface area contributed by atoms with Gasteiger partial charge in [0.1, 0.15) is 5.75 Å². The average Bonchev–Trinajstić information content (AvgIpc) is 2.61. The lowest BCUT2D eigenvalue weighted by molar-refractivity contribution is -0.385. The summed E-state index contributed by atoms with van der Waals surface area (Å²) in [7, 11) is 1.44. The van der Waals surface area contributed by atoms with Crippen molar-refractivity contribution in [2.45, 2.75) is 20.0 Å². The number of hydrogen-bond acceptors (Lipinski definition) is 6. The van der Waals surface area contributed by atoms with Crippen molar-refractivity contribution < 1.29 is 24.0 Å². The van der Waals surface area contributed by atoms with Crippen molar-refractivity contribution in [2.75, 3.05) is 12.4 Å². The van der Waals surface area contributed by atoms with E-state index in [0.29, 0.717) is 16.5 Å². The van der Waals surface area contributed by atoms with Gasteiger partial charge in [0.25, 0.3) is 11.6 Å². The Morgan fingerprint density at radius 2 is 1.96 bits per heavy atom. The van der Waals surface area contributed by atoms with Gasteiger partial charge in [0.15, 0.2) is 6.10 Å². The fourth-order valence-electron chi connectivity index (χ4n) is 2.33. The number of rotatable bonds is 6. The molecule has 0 radical (unpaired) electrons. The van der Waals surface area contributed by atoms with E-state index in [4.69, 9.17) is 21.1 Å². The quantitative estimate of drug-likeness (QED) is 0.455. The highest BCUT2D eigenvalue weighted by Gasteiger charge is 2.24. The summed E-state index contributed by atoms with van der Waals surface area (Å²) < 4.78 is 10.3. The number of ether oxygens (including phenoxy) is 2. The van der Waals surface area contributed by atoms with Gasteiger partial charge in [-0.05, 0) is 38.1 Å². The second-order valence-electron chi connectivity index (χ2n) is 5.59. The molecule has 1 N–H and O–H groups in total. The summed E-state index contributed by atoms with van der Waals surface area (Å²) in [5.41, 5.74) is 0.301. The summed E-state index contributed by atoms with van der Waals surface area (Å²) in [5, 5.41) is 13.9. The summed E-state index contributed by atoms with van der Waals surface area (Å²) in [6.07, 6.45) is -1.15. The lowest BCUT2D eigenvalue weighted by Gasteiger charge is -2.16. The molecule has 0 saturated carbocycles. The second-order valence-corrected chi connectivity index (χ2v) is 6.02. The monoisotopic (exact) mass is 392 g/mol. The van der Waals surface area contributed by atoms with Crippen LogP contribution in [0.1, 0.15) is 22.8 Å². The van der Waals surface area contributed by atoms with E-state index >= 15 is 0 Å². The number of carbonyl (C=O) groups is 2. The zero-order valence-electron chi connectivity index (χ0n) is 14.8. The molecule has 0 saturated heterocycles. The van der Waals surface area contributed by atoms with Crippen LogP contribution >= 0.6 is 11.6 Å². The molecule has 1 atom stereocenters. The van der Waals surface area contributed by atoms with Crippen LogP contribution in [0.4, 0.5) is 11.4 Å². The summed E-state index contributed by atoms with van der Waals surface area (Å²) in [4.78, 5) is 35.0. The van der Waals surface area contributed by atoms with Gasteiger partial charge in [0, 0.05) is 16.7 Å². The topological polar surface area (TPSA) is 108 Å². The van der Waals surface area contributed by atoms with Crippen LogP contribution in [-0.2, 0) is 9.53 Å². The number of nitrogens with one attached hydrogen (secondary N) is 1. The zero-order valence-corrected chi connectivity index (χ0v) is 15.6. The fraction of sp³-hybridized carbons (Fsp3) is 0.222. The Kier molecular flexibility index (Phi) is 6.36. The standard InChI is InChI=1S/C18H17ClN2O6/c1-10-13(5-4-6-15(10)21(24)25)18(23)27-11(2)17(22)20-14-9-12(19)7-8-16(14)26-3/h4-9,11H,1-3H3,(H,20,22)/t11-/m0/s1. The number of carbonyl (C=O) groups excluding carboxylic acids is 2. The van der Waals surface area contributed by atoms with Crippen LogP contribution in [0.5, 0.6) is 5.75 Å². The van der Waals surface area contributed by atoms with Crippen LogP contribution in [0.15, 0.2) is 36.4 Å². The van der Waals surface area contributed by atoms with E-state index in [2.05, 4.69) is 5.32 Å². The average molecular weight is 393 g/mol. The number of nitro benzene ring substituents is 1. The molecule has 0 bridgehead atoms. The largest absolute Gasteiger partial charge is 0.495 e. The summed E-state index contributed by atoms with van der Waals surface area (Å²) in [6, 6.07) is 8.75. The molecule has 0 aliphatic rings. The van der Waals surface area contributed by atoms with E-state index in [1.165, 1.54) is 45.2 Å². The van der Waals surface area contributed by atoms with E-state index in [-0.39, 0.29) is 16.8 Å². The first-order valence-corrected chi connectivity index (χ1v) is 8.21. The van der Waals surface area contributed by atoms with Gasteiger partial charge in [0.05, 0.1) is 23.3 Å². The van der Waals surface area contributed by atoms with Crippen LogP contribution < -0.4 is 10.1 Å². The predicted molar refractivity (Wildman–Crippen MR) is 99.3 cm³/mol. The number of halogens is 1. The highest BCUT2D eigenvalue weighted by Crippen LogP contribution is 2.28. The molecule has 0 fully saturated rings. The van der Waals surface area contributed by atoms with Crippen LogP contribution in [0.2, 0.25) is 5.02 Å². The second kappa shape index (κ2) is 8.50. The highest BCUT2D eigenvalue weighted by atomic mass is 35.5. The van der Waals surface area contributed by atoms with Gasteiger partial charge in [-0.25, -0.2) is 4.79 Å². The molecule has 2 aromatic rings. The maximum Gasteiger partial charge on any atom is 0.339 e. The Labute approximate surface area is 160 Å². The van der Waals surface area contributed by atoms with Crippen molar-refractivity contribution in [3.05, 3.63) is 62.7 Å². The molecule has 0 heterocycles. The first-order chi connectivity index (χ1) is 12.7. The smallest absolute Gasteiger partial charge is 0.339 e. The fourth-order valence-corrected chi connectivity index (χ4v) is 2.50. The Balaban J connectivity index is 2.13. The molecule has 2 rings (SSSR count). The minimum absolute atomic E-state index is 0.0178. The molecule has 1 amide bonds. The minimum Gasteiger partial charge on any atom is -0.495 e. The van der Waals surface area contributed by atoms with Crippen LogP contribution in [0.3, 0.4) is 0 Å². The number of nitro groups is 1. The SMILES string of the molecule is COc1ccc(Cl)cc1NC(=O)[C@H](C)OC(=O)c1cccc([N+](=O)[O-])c1C. The van der Waals surface area contributed by atoms with E-state index in [1.807, 2.05) is 0 Å². The van der Waals surface area contributed by atoms with Gasteiger partial charge < -0.3 is 14.8 Å². The Morgan fingerprint density at radius 3 is 2.59 bits per heavy atom. The van der Waals surface area contributed by atoms with Gasteiger partial charge in [-0.2, -0.15) is 0 Å². The van der Waals surface area contributed by atoms with Crippen molar-refractivity contribution in [3.63, 3.8) is 0 Å². The van der Waals surface area contributed by atoms with Gasteiger partial charge >= 0.3 is 5.97 Å². The Morgan fingerprint density at radius 1 is 1.26 bits per heavy atom. The van der Waals surface area contributed by atoms with E-state index < -0.39 is 22.9 Å². The number of hydrogen-bond donors (Lipinski definition) is 1. The lowest BCUT2D eigenvalue weighted by Crippen LogP contribution is -2.30. The molecule has 0 aromatic heterocycles. The number of amides is 1. The molecule has 2 aromatic carbocycles. The molecular formula is C18H17ClN2O6. The normalized spacial score (nSPS) is 11.4. The molecule has 0 spiro atoms. The molecule has 27 heavy (non-hydrogen) atoms. The minimum atomic E-state index is -1.15. The molecule has 0 unspecified atom stereocenters. The summed E-state index contributed by atoms with van der Waals surface area (Å²) in [5.74, 6) is -1.05. The van der Waals surface area contributed by atoms with E-state index in [0.717, 1.165) is 0 Å². The molecule has 8 nitrogen and oxygen atoms in total. The maximum absolute atomic E-state index is 12.3. The van der Waals surface area contributed by atoms with Gasteiger partial charge in [-0.1, -0.05) is 17.7 Å². The van der Waals surface area contributed by atoms with Crippen molar-refractivity contribution in [2.24, 2.45) is 0 Å². The maximum atomic E-state index is 12.3. The van der Waals surface area contributed by atoms with Gasteiger partial charge in [0.2, 0.25) is 0 Å². The molecule has 0 aliphatic carbocycles. The lowest BCUT2D eigenvalue weighted by atomic mass is 10.1. The third kappa shape index (κ3) is 4.73. The number of methoxy groups -OCH3 is 1. The number of esters is 1. The van der Waals surface area contributed by atoms with Crippen molar-refractivity contribution in [1.29, 1.82) is 0 Å². The van der Waals surface area contributed by atoms with Crippen molar-refractivity contribution >= 4 is 34.9 Å². The molecule has 9 heteroatoms. The summed E-state index contributed by atoms with van der Waals surface area (Å²) in [6.45, 7) is 2.83. The first kappa shape index (κ1) is 20.2. The summed E-state index contributed by atoms with van der Waals surface area (Å²) >= 11 is 5.91. The molecule has 142 valence electrons. The van der Waals surface area contributed by atoms with Gasteiger partial charge in [-0.15, -0.1) is 0 Å². The number of nitrogens with zero attached hydrogens (tertiary/aromatic N) is 1. The first-order valence-electron chi connectivity index (χ1n) is 7.84. The Hall–Kier alpha value is -3.13. The van der Waals surface area contributed by atoms with Crippen LogP contribution in [0, 0.1) is 17.0 Å². The Bertz CT molecular complexity index is 899. The van der Waals surface area contributed by atoms with Crippen molar-refractivity contribution in [1.82, 2.24) is 0 Å². The molecule has 0 aliphatic heterocycles. The third-order valence-electron chi connectivity index (χ3n) is 3.79. The van der Waals surface area contributed by atoms with E-state index in [9.17, 15) is 19.7 Å². The van der Waals surface area contributed by atoms with Crippen LogP contribution in [-0.4, -0.2) is 30.0 Å². The number of benzene rings is 2. The van der Waals surface area contributed by atoms with Gasteiger partial charge in [-0.3, -0.25) is 14.9 Å².